The van der Waals surface area contributed by atoms with Gasteiger partial charge in [0.15, 0.2) is 5.82 Å². The van der Waals surface area contributed by atoms with Gasteiger partial charge in [-0.05, 0) is 31.0 Å². The van der Waals surface area contributed by atoms with Gasteiger partial charge in [-0.1, -0.05) is 37.9 Å². The Labute approximate surface area is 148 Å². The van der Waals surface area contributed by atoms with Crippen LogP contribution >= 0.6 is 0 Å². The molecule has 0 spiro atoms. The summed E-state index contributed by atoms with van der Waals surface area (Å²) < 4.78 is 32.1. The van der Waals surface area contributed by atoms with E-state index in [2.05, 4.69) is 10.1 Å². The molecule has 136 valence electrons. The number of hydrogen-bond donors (Lipinski definition) is 1. The summed E-state index contributed by atoms with van der Waals surface area (Å²) in [7, 11) is -3.53. The largest absolute Gasteiger partial charge is 0.334 e. The van der Waals surface area contributed by atoms with Crippen LogP contribution in [0.4, 0.5) is 0 Å². The number of nitrogens with zero attached hydrogens (tertiary/aromatic N) is 3. The Kier molecular flexibility index (Phi) is 4.95. The van der Waals surface area contributed by atoms with Gasteiger partial charge < -0.3 is 10.3 Å². The summed E-state index contributed by atoms with van der Waals surface area (Å²) in [5, 5.41) is 4.03. The van der Waals surface area contributed by atoms with Crippen LogP contribution in [-0.4, -0.2) is 36.0 Å². The van der Waals surface area contributed by atoms with Crippen LogP contribution in [0.2, 0.25) is 0 Å². The Morgan fingerprint density at radius 2 is 1.92 bits per heavy atom. The van der Waals surface area contributed by atoms with Gasteiger partial charge in [0.05, 0.1) is 10.4 Å². The lowest BCUT2D eigenvalue weighted by molar-refractivity contribution is 0.372. The van der Waals surface area contributed by atoms with Gasteiger partial charge in [0, 0.05) is 18.7 Å². The molecule has 0 saturated heterocycles. The van der Waals surface area contributed by atoms with Crippen molar-refractivity contribution < 1.29 is 12.9 Å². The summed E-state index contributed by atoms with van der Waals surface area (Å²) in [5.41, 5.74) is 6.40. The zero-order chi connectivity index (χ0) is 18.1. The average Bonchev–Trinajstić information content (AvgIpc) is 3.26. The van der Waals surface area contributed by atoms with Crippen molar-refractivity contribution in [2.75, 3.05) is 13.1 Å². The molecule has 8 heteroatoms. The minimum Gasteiger partial charge on any atom is -0.334 e. The lowest BCUT2D eigenvalue weighted by atomic mass is 9.99. The molecule has 0 atom stereocenters. The van der Waals surface area contributed by atoms with Crippen molar-refractivity contribution in [1.29, 1.82) is 0 Å². The van der Waals surface area contributed by atoms with E-state index in [0.29, 0.717) is 30.4 Å². The highest BCUT2D eigenvalue weighted by atomic mass is 32.2. The van der Waals surface area contributed by atoms with Gasteiger partial charge in [-0.25, -0.2) is 8.42 Å². The third-order valence-electron chi connectivity index (χ3n) is 4.79. The molecule has 1 aliphatic rings. The van der Waals surface area contributed by atoms with Crippen molar-refractivity contribution in [3.63, 3.8) is 0 Å². The van der Waals surface area contributed by atoms with E-state index in [-0.39, 0.29) is 4.90 Å². The Balaban J connectivity index is 1.94. The van der Waals surface area contributed by atoms with Crippen LogP contribution in [0, 0.1) is 0 Å². The van der Waals surface area contributed by atoms with Crippen molar-refractivity contribution in [2.24, 2.45) is 5.73 Å². The van der Waals surface area contributed by atoms with E-state index >= 15 is 0 Å². The van der Waals surface area contributed by atoms with Gasteiger partial charge in [-0.3, -0.25) is 0 Å². The first-order chi connectivity index (χ1) is 11.9. The van der Waals surface area contributed by atoms with E-state index in [0.717, 1.165) is 25.7 Å². The summed E-state index contributed by atoms with van der Waals surface area (Å²) in [6, 6.07) is 6.60. The van der Waals surface area contributed by atoms with E-state index in [4.69, 9.17) is 10.3 Å². The van der Waals surface area contributed by atoms with Crippen LogP contribution < -0.4 is 5.73 Å². The van der Waals surface area contributed by atoms with Crippen LogP contribution in [0.25, 0.3) is 11.5 Å². The lowest BCUT2D eigenvalue weighted by Crippen LogP contribution is -2.34. The Bertz CT molecular complexity index is 837. The zero-order valence-electron chi connectivity index (χ0n) is 14.6. The molecule has 0 amide bonds. The topological polar surface area (TPSA) is 102 Å². The molecular formula is C17H24N4O3S. The van der Waals surface area contributed by atoms with Crippen LogP contribution in [0.5, 0.6) is 0 Å². The minimum absolute atomic E-state index is 0.219. The molecule has 25 heavy (non-hydrogen) atoms. The fraction of sp³-hybridized carbons (Fsp3) is 0.529. The van der Waals surface area contributed by atoms with E-state index in [1.165, 1.54) is 4.31 Å². The number of rotatable bonds is 6. The minimum atomic E-state index is -3.53. The zero-order valence-corrected chi connectivity index (χ0v) is 15.4. The third-order valence-corrected chi connectivity index (χ3v) is 6.84. The van der Waals surface area contributed by atoms with Gasteiger partial charge in [-0.15, -0.1) is 0 Å². The highest BCUT2D eigenvalue weighted by Crippen LogP contribution is 2.35. The monoisotopic (exact) mass is 364 g/mol. The predicted molar refractivity (Wildman–Crippen MR) is 94.2 cm³/mol. The first-order valence-electron chi connectivity index (χ1n) is 8.64. The second kappa shape index (κ2) is 6.86. The standard InChI is InChI=1S/C17H24N4O3S/c1-3-21(4-2)25(22,23)14-9-7-8-13(12-14)15-19-16(20-24-15)17(18)10-5-6-11-17/h7-9,12H,3-6,10-11,18H2,1-2H3. The second-order valence-corrected chi connectivity index (χ2v) is 8.34. The van der Waals surface area contributed by atoms with Crippen LogP contribution in [-0.2, 0) is 15.6 Å². The number of hydrogen-bond acceptors (Lipinski definition) is 6. The van der Waals surface area contributed by atoms with E-state index in [1.54, 1.807) is 24.3 Å². The molecule has 0 radical (unpaired) electrons. The van der Waals surface area contributed by atoms with Gasteiger partial charge in [0.25, 0.3) is 5.89 Å². The van der Waals surface area contributed by atoms with Crippen molar-refractivity contribution in [3.8, 4) is 11.5 Å². The number of benzene rings is 1. The van der Waals surface area contributed by atoms with Crippen molar-refractivity contribution in [2.45, 2.75) is 50.0 Å². The molecule has 1 aromatic heterocycles. The van der Waals surface area contributed by atoms with Crippen LogP contribution in [0.1, 0.15) is 45.4 Å². The molecule has 2 aromatic rings. The molecule has 1 heterocycles. The molecule has 0 aliphatic heterocycles. The molecule has 1 saturated carbocycles. The number of sulfonamides is 1. The van der Waals surface area contributed by atoms with Crippen LogP contribution in [0.15, 0.2) is 33.7 Å². The highest BCUT2D eigenvalue weighted by molar-refractivity contribution is 7.89. The molecule has 3 rings (SSSR count). The third kappa shape index (κ3) is 3.33. The molecule has 1 aliphatic carbocycles. The van der Waals surface area contributed by atoms with E-state index in [1.807, 2.05) is 13.8 Å². The highest BCUT2D eigenvalue weighted by Gasteiger charge is 2.36. The quantitative estimate of drug-likeness (QED) is 0.845. The van der Waals surface area contributed by atoms with E-state index in [9.17, 15) is 8.42 Å². The second-order valence-electron chi connectivity index (χ2n) is 6.40. The summed E-state index contributed by atoms with van der Waals surface area (Å²) in [6.07, 6.45) is 3.78. The maximum absolute atomic E-state index is 12.7. The molecule has 1 aromatic carbocycles. The van der Waals surface area contributed by atoms with Gasteiger partial charge in [0.1, 0.15) is 0 Å². The molecule has 0 unspecified atom stereocenters. The number of nitrogens with two attached hydrogens (primary N) is 1. The fourth-order valence-corrected chi connectivity index (χ4v) is 4.78. The smallest absolute Gasteiger partial charge is 0.258 e. The lowest BCUT2D eigenvalue weighted by Gasteiger charge is -2.18. The normalized spacial score (nSPS) is 17.3. The fourth-order valence-electron chi connectivity index (χ4n) is 3.27. The average molecular weight is 364 g/mol. The summed E-state index contributed by atoms with van der Waals surface area (Å²) in [4.78, 5) is 4.65. The van der Waals surface area contributed by atoms with Crippen molar-refractivity contribution in [1.82, 2.24) is 14.4 Å². The van der Waals surface area contributed by atoms with Crippen molar-refractivity contribution in [3.05, 3.63) is 30.1 Å². The molecule has 1 fully saturated rings. The molecular weight excluding hydrogens is 340 g/mol. The molecule has 2 N–H and O–H groups in total. The van der Waals surface area contributed by atoms with Gasteiger partial charge in [0.2, 0.25) is 10.0 Å². The van der Waals surface area contributed by atoms with Crippen LogP contribution in [0.3, 0.4) is 0 Å². The first kappa shape index (κ1) is 18.0. The summed E-state index contributed by atoms with van der Waals surface area (Å²) in [6.45, 7) is 4.47. The SMILES string of the molecule is CCN(CC)S(=O)(=O)c1cccc(-c2nc(C3(N)CCCC3)no2)c1. The maximum Gasteiger partial charge on any atom is 0.258 e. The maximum atomic E-state index is 12.7. The Hall–Kier alpha value is -1.77. The predicted octanol–water partition coefficient (Wildman–Crippen LogP) is 2.50. The molecule has 0 bridgehead atoms. The summed E-state index contributed by atoms with van der Waals surface area (Å²) >= 11 is 0. The van der Waals surface area contributed by atoms with E-state index < -0.39 is 15.6 Å². The first-order valence-corrected chi connectivity index (χ1v) is 10.1. The number of aromatic nitrogens is 2. The molecule has 7 nitrogen and oxygen atoms in total. The van der Waals surface area contributed by atoms with Gasteiger partial charge in [-0.2, -0.15) is 9.29 Å². The summed E-state index contributed by atoms with van der Waals surface area (Å²) in [5.74, 6) is 0.792. The Morgan fingerprint density at radius 3 is 2.56 bits per heavy atom. The Morgan fingerprint density at radius 1 is 1.24 bits per heavy atom. The van der Waals surface area contributed by atoms with Gasteiger partial charge >= 0.3 is 0 Å². The van der Waals surface area contributed by atoms with Crippen molar-refractivity contribution >= 4 is 10.0 Å².